The van der Waals surface area contributed by atoms with Gasteiger partial charge in [0.05, 0.1) is 25.9 Å². The minimum atomic E-state index is -1.79. The van der Waals surface area contributed by atoms with Crippen LogP contribution in [0.3, 0.4) is 0 Å². The normalized spacial score (nSPS) is 11.5. The van der Waals surface area contributed by atoms with Gasteiger partial charge < -0.3 is 65.3 Å². The molecule has 10 N–H and O–H groups in total. The number of aliphatic carboxylic acids is 6. The SMILES string of the molecule is CCCCCCCCCCCCCCCCCC(=O)O.CCCCCCCCCCCCCCCCCC(=O)OC(CC(=O)O)C(=O)O.CCCCCCCCCCCCCCCCCC(=O)OC(CC(=O)OCCCO)C(=O)O.O=C(O)CC(O)C(=O)O.OCCCO. The minimum absolute atomic E-state index is 0.00867. The average Bonchev–Trinajstić information content (AvgIpc) is 1.74. The van der Waals surface area contributed by atoms with Gasteiger partial charge in [0.25, 0.3) is 0 Å². The fourth-order valence-electron chi connectivity index (χ4n) is 9.67. The van der Waals surface area contributed by atoms with Crippen molar-refractivity contribution in [3.63, 3.8) is 0 Å². The van der Waals surface area contributed by atoms with Crippen molar-refractivity contribution in [2.45, 2.75) is 379 Å². The molecule has 22 heteroatoms. The van der Waals surface area contributed by atoms with Crippen molar-refractivity contribution < 1.29 is 108 Å². The molecule has 0 radical (unpaired) electrons. The van der Waals surface area contributed by atoms with E-state index in [1.165, 1.54) is 225 Å². The molecule has 0 saturated carbocycles. The molecule has 0 aromatic rings. The van der Waals surface area contributed by atoms with Gasteiger partial charge in [0.2, 0.25) is 12.2 Å². The summed E-state index contributed by atoms with van der Waals surface area (Å²) in [5, 5.41) is 83.7. The number of carbonyl (C=O) groups is 9. The van der Waals surface area contributed by atoms with Gasteiger partial charge in [-0.15, -0.1) is 0 Å². The maximum absolute atomic E-state index is 11.9. The Kier molecular flexibility index (Phi) is 83.7. The number of aliphatic hydroxyl groups excluding tert-OH is 4. The van der Waals surface area contributed by atoms with E-state index in [1.54, 1.807) is 0 Å². The molecule has 0 amide bonds. The smallest absolute Gasteiger partial charge is 0.345 e. The highest BCUT2D eigenvalue weighted by atomic mass is 16.6. The van der Waals surface area contributed by atoms with Gasteiger partial charge in [0.15, 0.2) is 6.10 Å². The second kappa shape index (κ2) is 80.5. The monoisotopic (exact) mass is 1350 g/mol. The molecule has 3 unspecified atom stereocenters. The van der Waals surface area contributed by atoms with Gasteiger partial charge in [-0.3, -0.25) is 28.8 Å². The third-order valence-electron chi connectivity index (χ3n) is 15.3. The zero-order valence-corrected chi connectivity index (χ0v) is 58.9. The number of carboxylic acids is 6. The van der Waals surface area contributed by atoms with E-state index < -0.39 is 91.3 Å². The zero-order chi connectivity index (χ0) is 71.4. The molecule has 0 aromatic carbocycles. The largest absolute Gasteiger partial charge is 0.481 e. The molecule has 94 heavy (non-hydrogen) atoms. The molecule has 0 aromatic heterocycles. The Morgan fingerprint density at radius 2 is 0.511 bits per heavy atom. The number of esters is 3. The van der Waals surface area contributed by atoms with Crippen LogP contribution in [-0.2, 0) is 57.4 Å². The van der Waals surface area contributed by atoms with E-state index in [0.717, 1.165) is 51.4 Å². The first kappa shape index (κ1) is 97.7. The molecule has 0 aliphatic rings. The number of rotatable bonds is 64. The summed E-state index contributed by atoms with van der Waals surface area (Å²) in [5.74, 6) is -9.58. The second-order valence-corrected chi connectivity index (χ2v) is 24.5. The minimum Gasteiger partial charge on any atom is -0.481 e. The van der Waals surface area contributed by atoms with E-state index in [9.17, 15) is 43.2 Å². The highest BCUT2D eigenvalue weighted by molar-refractivity contribution is 5.84. The molecule has 0 saturated heterocycles. The Morgan fingerprint density at radius 1 is 0.266 bits per heavy atom. The molecule has 3 atom stereocenters. The standard InChI is InChI=1S/C25H46O7.C22H40O6.C18H36O2.C4H6O5.C3H8O2/c1-2-3-4-5-6-7-8-9-10-11-12-13-14-15-16-18-23(27)32-22(25(29)30)21-24(28)31-20-17-19-26;1-2-3-4-5-6-7-8-9-10-11-12-13-14-15-16-17-21(25)28-19(22(26)27)18-20(23)24;1-2-3-4-5-6-7-8-9-10-11-12-13-14-15-16-17-18(19)20;5-2(4(8)9)1-3(6)7;4-2-1-3-5/h22,26H,2-21H2,1H3,(H,29,30);19H,2-18H2,1H3,(H,23,24)(H,26,27);2-17H2,1H3,(H,19,20);2,5H,1H2,(H,6,7)(H,8,9);4-5H,1-3H2. The van der Waals surface area contributed by atoms with Gasteiger partial charge in [0, 0.05) is 45.5 Å². The summed E-state index contributed by atoms with van der Waals surface area (Å²) < 4.78 is 14.4. The highest BCUT2D eigenvalue weighted by Crippen LogP contribution is 2.18. The lowest BCUT2D eigenvalue weighted by atomic mass is 10.0. The van der Waals surface area contributed by atoms with Gasteiger partial charge in [-0.1, -0.05) is 290 Å². The quantitative estimate of drug-likeness (QED) is 0.0154. The lowest BCUT2D eigenvalue weighted by Crippen LogP contribution is -2.30. The van der Waals surface area contributed by atoms with Gasteiger partial charge in [-0.05, 0) is 25.7 Å². The van der Waals surface area contributed by atoms with Crippen molar-refractivity contribution in [2.75, 3.05) is 26.4 Å². The average molecular weight is 1350 g/mol. The van der Waals surface area contributed by atoms with E-state index >= 15 is 0 Å². The molecule has 0 spiro atoms. The van der Waals surface area contributed by atoms with E-state index in [4.69, 9.17) is 65.3 Å². The van der Waals surface area contributed by atoms with Crippen molar-refractivity contribution in [2.24, 2.45) is 0 Å². The number of unbranched alkanes of at least 4 members (excludes halogenated alkanes) is 42. The number of hydrogen-bond acceptors (Lipinski definition) is 16. The molecule has 556 valence electrons. The first-order valence-corrected chi connectivity index (χ1v) is 36.6. The molecule has 22 nitrogen and oxygen atoms in total. The lowest BCUT2D eigenvalue weighted by Gasteiger charge is -2.13. The predicted octanol–water partition coefficient (Wildman–Crippen LogP) is 15.9. The van der Waals surface area contributed by atoms with Gasteiger partial charge >= 0.3 is 53.7 Å². The van der Waals surface area contributed by atoms with E-state index in [-0.39, 0.29) is 45.7 Å². The number of aliphatic hydroxyl groups is 4. The summed E-state index contributed by atoms with van der Waals surface area (Å²) in [6, 6.07) is 0. The number of carboxylic acid groups (broad SMARTS) is 6. The fourth-order valence-corrected chi connectivity index (χ4v) is 9.67. The third-order valence-corrected chi connectivity index (χ3v) is 15.3. The summed E-state index contributed by atoms with van der Waals surface area (Å²) in [6.45, 7) is 6.84. The van der Waals surface area contributed by atoms with Crippen molar-refractivity contribution in [3.05, 3.63) is 0 Å². The number of carbonyl (C=O) groups excluding carboxylic acids is 3. The molecule has 0 aliphatic heterocycles. The van der Waals surface area contributed by atoms with Crippen LogP contribution in [-0.4, -0.2) is 150 Å². The van der Waals surface area contributed by atoms with Gasteiger partial charge in [-0.25, -0.2) is 14.4 Å². The van der Waals surface area contributed by atoms with Crippen LogP contribution in [0.1, 0.15) is 361 Å². The van der Waals surface area contributed by atoms with Gasteiger partial charge in [-0.2, -0.15) is 0 Å². The van der Waals surface area contributed by atoms with Crippen molar-refractivity contribution in [1.82, 2.24) is 0 Å². The van der Waals surface area contributed by atoms with Crippen LogP contribution in [0.4, 0.5) is 0 Å². The molecular weight excluding hydrogens is 1220 g/mol. The third kappa shape index (κ3) is 89.1. The van der Waals surface area contributed by atoms with Crippen LogP contribution in [0.15, 0.2) is 0 Å². The van der Waals surface area contributed by atoms with Crippen LogP contribution in [0, 0.1) is 0 Å². The summed E-state index contributed by atoms with van der Waals surface area (Å²) in [7, 11) is 0. The molecule has 0 aliphatic carbocycles. The first-order chi connectivity index (χ1) is 45.2. The van der Waals surface area contributed by atoms with Crippen molar-refractivity contribution in [1.29, 1.82) is 0 Å². The summed E-state index contributed by atoms with van der Waals surface area (Å²) in [5.41, 5.74) is 0. The van der Waals surface area contributed by atoms with Crippen LogP contribution < -0.4 is 0 Å². The molecule has 0 fully saturated rings. The summed E-state index contributed by atoms with van der Waals surface area (Å²) in [6.07, 6.45) is 51.3. The molecule has 0 heterocycles. The summed E-state index contributed by atoms with van der Waals surface area (Å²) in [4.78, 5) is 97.3. The topological polar surface area (TPSA) is 384 Å². The first-order valence-electron chi connectivity index (χ1n) is 36.6. The Labute approximate surface area is 565 Å². The van der Waals surface area contributed by atoms with Crippen LogP contribution in [0.2, 0.25) is 0 Å². The maximum Gasteiger partial charge on any atom is 0.345 e. The van der Waals surface area contributed by atoms with Crippen molar-refractivity contribution >= 4 is 53.7 Å². The Balaban J connectivity index is -0.000000387. The fraction of sp³-hybridized carbons (Fsp3) is 0.875. The molecule has 0 bridgehead atoms. The van der Waals surface area contributed by atoms with Crippen LogP contribution >= 0.6 is 0 Å². The number of ether oxygens (including phenoxy) is 3. The number of hydrogen-bond donors (Lipinski definition) is 10. The predicted molar refractivity (Wildman–Crippen MR) is 366 cm³/mol. The van der Waals surface area contributed by atoms with Crippen LogP contribution in [0.25, 0.3) is 0 Å². The van der Waals surface area contributed by atoms with Crippen molar-refractivity contribution in [3.8, 4) is 0 Å². The zero-order valence-electron chi connectivity index (χ0n) is 58.9. The van der Waals surface area contributed by atoms with E-state index in [0.29, 0.717) is 25.7 Å². The highest BCUT2D eigenvalue weighted by Gasteiger charge is 2.27. The Bertz CT molecular complexity index is 1740. The molecule has 0 rings (SSSR count). The Hall–Kier alpha value is -4.93. The second-order valence-electron chi connectivity index (χ2n) is 24.5. The van der Waals surface area contributed by atoms with E-state index in [2.05, 4.69) is 20.8 Å². The Morgan fingerprint density at radius 3 is 0.713 bits per heavy atom. The van der Waals surface area contributed by atoms with E-state index in [1.807, 2.05) is 0 Å². The summed E-state index contributed by atoms with van der Waals surface area (Å²) >= 11 is 0. The molecular formula is C72H136O22. The maximum atomic E-state index is 11.9. The van der Waals surface area contributed by atoms with Gasteiger partial charge in [0.1, 0.15) is 0 Å². The lowest BCUT2D eigenvalue weighted by molar-refractivity contribution is -0.168. The van der Waals surface area contributed by atoms with Crippen LogP contribution in [0.5, 0.6) is 0 Å².